The minimum Gasteiger partial charge on any atom is -0.322 e. The van der Waals surface area contributed by atoms with E-state index in [1.807, 2.05) is 37.3 Å². The van der Waals surface area contributed by atoms with Crippen LogP contribution in [0, 0.1) is 6.92 Å². The first kappa shape index (κ1) is 16.9. The summed E-state index contributed by atoms with van der Waals surface area (Å²) in [6.45, 7) is 6.19. The average Bonchev–Trinajstić information content (AvgIpc) is 2.62. The summed E-state index contributed by atoms with van der Waals surface area (Å²) in [5.74, 6) is 0.0204. The Kier molecular flexibility index (Phi) is 4.65. The van der Waals surface area contributed by atoms with Gasteiger partial charge >= 0.3 is 0 Å². The predicted octanol–water partition coefficient (Wildman–Crippen LogP) is 3.77. The van der Waals surface area contributed by atoms with Gasteiger partial charge in [-0.15, -0.1) is 0 Å². The molecule has 2 aromatic heterocycles. The van der Waals surface area contributed by atoms with E-state index in [-0.39, 0.29) is 11.1 Å². The molecule has 0 aliphatic carbocycles. The number of pyridine rings is 1. The smallest absolute Gasteiger partial charge is 0.270 e. The minimum absolute atomic E-state index is 0.0223. The van der Waals surface area contributed by atoms with Crippen molar-refractivity contribution in [2.45, 2.75) is 33.1 Å². The fourth-order valence-corrected chi connectivity index (χ4v) is 2.67. The number of carbonyl (C=O) groups excluding carboxylic acids is 1. The number of nitrogens with zero attached hydrogens (tertiary/aromatic N) is 2. The summed E-state index contributed by atoms with van der Waals surface area (Å²) in [5, 5.41) is 2.77. The third kappa shape index (κ3) is 3.45. The van der Waals surface area contributed by atoms with Crippen molar-refractivity contribution >= 4 is 17.2 Å². The Labute approximate surface area is 146 Å². The zero-order valence-electron chi connectivity index (χ0n) is 14.6. The lowest BCUT2D eigenvalue weighted by Gasteiger charge is -2.10. The van der Waals surface area contributed by atoms with Gasteiger partial charge in [-0.1, -0.05) is 32.0 Å². The molecule has 1 unspecified atom stereocenters. The van der Waals surface area contributed by atoms with E-state index in [2.05, 4.69) is 24.1 Å². The molecule has 0 saturated heterocycles. The largest absolute Gasteiger partial charge is 0.322 e. The van der Waals surface area contributed by atoms with Crippen LogP contribution >= 0.6 is 0 Å². The van der Waals surface area contributed by atoms with Gasteiger partial charge in [-0.2, -0.15) is 0 Å². The highest BCUT2D eigenvalue weighted by atomic mass is 16.2. The second kappa shape index (κ2) is 6.89. The van der Waals surface area contributed by atoms with Crippen LogP contribution in [0.3, 0.4) is 0 Å². The molecule has 3 aromatic rings. The van der Waals surface area contributed by atoms with Gasteiger partial charge in [0.15, 0.2) is 0 Å². The van der Waals surface area contributed by atoms with Crippen LogP contribution in [0.15, 0.2) is 53.6 Å². The van der Waals surface area contributed by atoms with Crippen molar-refractivity contribution in [3.8, 4) is 0 Å². The zero-order chi connectivity index (χ0) is 18.0. The maximum atomic E-state index is 12.6. The molecule has 0 spiro atoms. The Hall–Kier alpha value is -2.95. The molecule has 2 heterocycles. The first-order valence-corrected chi connectivity index (χ1v) is 8.39. The summed E-state index contributed by atoms with van der Waals surface area (Å²) in [4.78, 5) is 29.2. The molecule has 3 rings (SSSR count). The van der Waals surface area contributed by atoms with Crippen molar-refractivity contribution in [3.05, 3.63) is 75.8 Å². The molecule has 128 valence electrons. The summed E-state index contributed by atoms with van der Waals surface area (Å²) in [5.41, 5.74) is 2.98. The summed E-state index contributed by atoms with van der Waals surface area (Å²) in [7, 11) is 0. The quantitative estimate of drug-likeness (QED) is 0.789. The topological polar surface area (TPSA) is 63.5 Å². The van der Waals surface area contributed by atoms with Crippen LogP contribution in [-0.2, 0) is 0 Å². The van der Waals surface area contributed by atoms with Crippen molar-refractivity contribution in [2.24, 2.45) is 0 Å². The molecule has 0 radical (unpaired) electrons. The third-order valence-electron chi connectivity index (χ3n) is 4.44. The lowest BCUT2D eigenvalue weighted by atomic mass is 9.99. The summed E-state index contributed by atoms with van der Waals surface area (Å²) in [6, 6.07) is 11.3. The minimum atomic E-state index is -0.454. The molecule has 0 aliphatic rings. The fourth-order valence-electron chi connectivity index (χ4n) is 2.67. The number of benzene rings is 1. The second-order valence-corrected chi connectivity index (χ2v) is 6.30. The van der Waals surface area contributed by atoms with Crippen LogP contribution in [-0.4, -0.2) is 15.3 Å². The van der Waals surface area contributed by atoms with E-state index in [9.17, 15) is 9.59 Å². The number of rotatable bonds is 4. The number of hydrogen-bond donors (Lipinski definition) is 1. The standard InChI is InChI=1S/C20H21N3O2/c1-4-14(3)15-6-8-16(9-7-15)22-19(24)17-11-21-18-10-5-13(2)12-23(18)20(17)25/h5-12,14H,4H2,1-3H3,(H,22,24). The first-order valence-electron chi connectivity index (χ1n) is 8.39. The van der Waals surface area contributed by atoms with E-state index in [4.69, 9.17) is 0 Å². The molecular weight excluding hydrogens is 314 g/mol. The van der Waals surface area contributed by atoms with Gasteiger partial charge in [0.1, 0.15) is 11.2 Å². The number of amides is 1. The highest BCUT2D eigenvalue weighted by Crippen LogP contribution is 2.20. The number of fused-ring (bicyclic) bond motifs is 1. The van der Waals surface area contributed by atoms with E-state index in [0.717, 1.165) is 12.0 Å². The van der Waals surface area contributed by atoms with Crippen molar-refractivity contribution < 1.29 is 4.79 Å². The second-order valence-electron chi connectivity index (χ2n) is 6.30. The molecule has 0 saturated carbocycles. The normalized spacial score (nSPS) is 12.1. The third-order valence-corrected chi connectivity index (χ3v) is 4.44. The predicted molar refractivity (Wildman–Crippen MR) is 99.3 cm³/mol. The van der Waals surface area contributed by atoms with E-state index in [0.29, 0.717) is 17.3 Å². The SMILES string of the molecule is CCC(C)c1ccc(NC(=O)c2cnc3ccc(C)cn3c2=O)cc1. The molecule has 5 heteroatoms. The van der Waals surface area contributed by atoms with Crippen LogP contribution in [0.25, 0.3) is 5.65 Å². The van der Waals surface area contributed by atoms with Gasteiger partial charge in [-0.25, -0.2) is 4.98 Å². The molecule has 0 bridgehead atoms. The van der Waals surface area contributed by atoms with Crippen molar-refractivity contribution in [2.75, 3.05) is 5.32 Å². The van der Waals surface area contributed by atoms with Crippen LogP contribution < -0.4 is 10.9 Å². The maximum absolute atomic E-state index is 12.6. The van der Waals surface area contributed by atoms with Gasteiger partial charge < -0.3 is 5.32 Å². The molecule has 25 heavy (non-hydrogen) atoms. The van der Waals surface area contributed by atoms with Crippen molar-refractivity contribution in [3.63, 3.8) is 0 Å². The lowest BCUT2D eigenvalue weighted by Crippen LogP contribution is -2.26. The van der Waals surface area contributed by atoms with E-state index >= 15 is 0 Å². The summed E-state index contributed by atoms with van der Waals surface area (Å²) >= 11 is 0. The summed E-state index contributed by atoms with van der Waals surface area (Å²) in [6.07, 6.45) is 4.07. The first-order chi connectivity index (χ1) is 12.0. The van der Waals surface area contributed by atoms with Gasteiger partial charge in [0.2, 0.25) is 0 Å². The Morgan fingerprint density at radius 1 is 1.20 bits per heavy atom. The zero-order valence-corrected chi connectivity index (χ0v) is 14.6. The molecule has 5 nitrogen and oxygen atoms in total. The molecule has 0 aliphatic heterocycles. The van der Waals surface area contributed by atoms with E-state index in [1.54, 1.807) is 12.3 Å². The molecule has 0 fully saturated rings. The van der Waals surface area contributed by atoms with Gasteiger partial charge in [0, 0.05) is 18.1 Å². The number of hydrogen-bond acceptors (Lipinski definition) is 3. The highest BCUT2D eigenvalue weighted by molar-refractivity contribution is 6.03. The Morgan fingerprint density at radius 3 is 2.60 bits per heavy atom. The number of anilines is 1. The molecule has 1 aromatic carbocycles. The van der Waals surface area contributed by atoms with Crippen molar-refractivity contribution in [1.29, 1.82) is 0 Å². The Bertz CT molecular complexity index is 974. The maximum Gasteiger partial charge on any atom is 0.270 e. The van der Waals surface area contributed by atoms with Crippen LogP contribution in [0.5, 0.6) is 0 Å². The Morgan fingerprint density at radius 2 is 1.92 bits per heavy atom. The monoisotopic (exact) mass is 335 g/mol. The van der Waals surface area contributed by atoms with Gasteiger partial charge in [0.25, 0.3) is 11.5 Å². The molecule has 1 amide bonds. The number of aromatic nitrogens is 2. The molecule has 1 atom stereocenters. The molecule has 1 N–H and O–H groups in total. The van der Waals surface area contributed by atoms with Gasteiger partial charge in [0.05, 0.1) is 0 Å². The van der Waals surface area contributed by atoms with Crippen LogP contribution in [0.2, 0.25) is 0 Å². The molecular formula is C20H21N3O2. The number of nitrogens with one attached hydrogen (secondary N) is 1. The number of carbonyl (C=O) groups is 1. The highest BCUT2D eigenvalue weighted by Gasteiger charge is 2.14. The van der Waals surface area contributed by atoms with Crippen LogP contribution in [0.1, 0.15) is 47.7 Å². The number of aryl methyl sites for hydroxylation is 1. The van der Waals surface area contributed by atoms with Crippen LogP contribution in [0.4, 0.5) is 5.69 Å². The van der Waals surface area contributed by atoms with E-state index in [1.165, 1.54) is 16.2 Å². The average molecular weight is 335 g/mol. The van der Waals surface area contributed by atoms with Gasteiger partial charge in [-0.05, 0) is 48.6 Å². The Balaban J connectivity index is 1.87. The summed E-state index contributed by atoms with van der Waals surface area (Å²) < 4.78 is 1.40. The van der Waals surface area contributed by atoms with E-state index < -0.39 is 5.91 Å². The van der Waals surface area contributed by atoms with Crippen molar-refractivity contribution in [1.82, 2.24) is 9.38 Å². The lowest BCUT2D eigenvalue weighted by molar-refractivity contribution is 0.102. The van der Waals surface area contributed by atoms with Gasteiger partial charge in [-0.3, -0.25) is 14.0 Å². The fraction of sp³-hybridized carbons (Fsp3) is 0.250.